The molecule has 0 aromatic heterocycles. The third-order valence-electron chi connectivity index (χ3n) is 2.74. The van der Waals surface area contributed by atoms with Crippen molar-refractivity contribution in [2.24, 2.45) is 0 Å². The highest BCUT2D eigenvalue weighted by Crippen LogP contribution is 2.17. The second-order valence-corrected chi connectivity index (χ2v) is 5.49. The van der Waals surface area contributed by atoms with Crippen molar-refractivity contribution in [3.8, 4) is 0 Å². The SMILES string of the molecule is C[C@@H](CSc1ccccc1)NCc1ccccc1. The zero-order valence-corrected chi connectivity index (χ0v) is 11.5. The van der Waals surface area contributed by atoms with E-state index in [0.29, 0.717) is 6.04 Å². The summed E-state index contributed by atoms with van der Waals surface area (Å²) in [6.07, 6.45) is 0. The van der Waals surface area contributed by atoms with Gasteiger partial charge in [0.15, 0.2) is 0 Å². The Labute approximate surface area is 114 Å². The van der Waals surface area contributed by atoms with Gasteiger partial charge in [0.25, 0.3) is 0 Å². The van der Waals surface area contributed by atoms with Crippen molar-refractivity contribution in [1.29, 1.82) is 0 Å². The van der Waals surface area contributed by atoms with Crippen LogP contribution in [0.25, 0.3) is 0 Å². The highest BCUT2D eigenvalue weighted by atomic mass is 32.2. The van der Waals surface area contributed by atoms with Crippen molar-refractivity contribution in [3.63, 3.8) is 0 Å². The molecule has 0 aliphatic heterocycles. The molecule has 0 amide bonds. The largest absolute Gasteiger partial charge is 0.309 e. The molecule has 2 aromatic rings. The van der Waals surface area contributed by atoms with Gasteiger partial charge in [-0.05, 0) is 24.6 Å². The minimum Gasteiger partial charge on any atom is -0.309 e. The van der Waals surface area contributed by atoms with Crippen LogP contribution in [0.1, 0.15) is 12.5 Å². The van der Waals surface area contributed by atoms with E-state index in [-0.39, 0.29) is 0 Å². The molecule has 0 aliphatic rings. The van der Waals surface area contributed by atoms with Gasteiger partial charge in [0.05, 0.1) is 0 Å². The molecule has 0 radical (unpaired) electrons. The average Bonchev–Trinajstić information content (AvgIpc) is 2.45. The first-order valence-electron chi connectivity index (χ1n) is 6.30. The van der Waals surface area contributed by atoms with Gasteiger partial charge in [0.2, 0.25) is 0 Å². The first-order chi connectivity index (χ1) is 8.84. The van der Waals surface area contributed by atoms with Crippen molar-refractivity contribution in [3.05, 3.63) is 66.2 Å². The highest BCUT2D eigenvalue weighted by Gasteiger charge is 2.02. The number of thioether (sulfide) groups is 1. The summed E-state index contributed by atoms with van der Waals surface area (Å²) >= 11 is 1.90. The average molecular weight is 257 g/mol. The number of nitrogens with one attached hydrogen (secondary N) is 1. The van der Waals surface area contributed by atoms with Gasteiger partial charge >= 0.3 is 0 Å². The van der Waals surface area contributed by atoms with Gasteiger partial charge < -0.3 is 5.32 Å². The van der Waals surface area contributed by atoms with E-state index >= 15 is 0 Å². The predicted octanol–water partition coefficient (Wildman–Crippen LogP) is 3.96. The summed E-state index contributed by atoms with van der Waals surface area (Å²) in [5.74, 6) is 1.09. The van der Waals surface area contributed by atoms with Crippen molar-refractivity contribution in [1.82, 2.24) is 5.32 Å². The smallest absolute Gasteiger partial charge is 0.0208 e. The normalized spacial score (nSPS) is 12.3. The number of rotatable bonds is 6. The summed E-state index contributed by atoms with van der Waals surface area (Å²) in [5.41, 5.74) is 1.34. The lowest BCUT2D eigenvalue weighted by atomic mass is 10.2. The zero-order chi connectivity index (χ0) is 12.6. The molecule has 0 spiro atoms. The predicted molar refractivity (Wildman–Crippen MR) is 79.9 cm³/mol. The molecule has 18 heavy (non-hydrogen) atoms. The second-order valence-electron chi connectivity index (χ2n) is 4.39. The van der Waals surface area contributed by atoms with Gasteiger partial charge in [-0.3, -0.25) is 0 Å². The lowest BCUT2D eigenvalue weighted by Gasteiger charge is -2.13. The van der Waals surface area contributed by atoms with Crippen LogP contribution in [0, 0.1) is 0 Å². The maximum atomic E-state index is 3.55. The van der Waals surface area contributed by atoms with Crippen LogP contribution in [-0.2, 0) is 6.54 Å². The van der Waals surface area contributed by atoms with E-state index in [9.17, 15) is 0 Å². The Morgan fingerprint density at radius 3 is 2.22 bits per heavy atom. The fourth-order valence-corrected chi connectivity index (χ4v) is 2.59. The van der Waals surface area contributed by atoms with Gasteiger partial charge in [-0.1, -0.05) is 48.5 Å². The van der Waals surface area contributed by atoms with E-state index in [1.807, 2.05) is 11.8 Å². The highest BCUT2D eigenvalue weighted by molar-refractivity contribution is 7.99. The Hall–Kier alpha value is -1.25. The summed E-state index contributed by atoms with van der Waals surface area (Å²) in [5, 5.41) is 3.55. The van der Waals surface area contributed by atoms with Crippen molar-refractivity contribution in [2.45, 2.75) is 24.4 Å². The van der Waals surface area contributed by atoms with E-state index in [0.717, 1.165) is 12.3 Å². The number of benzene rings is 2. The van der Waals surface area contributed by atoms with E-state index in [1.165, 1.54) is 10.5 Å². The van der Waals surface area contributed by atoms with Gasteiger partial charge in [-0.2, -0.15) is 0 Å². The van der Waals surface area contributed by atoms with Crippen LogP contribution < -0.4 is 5.32 Å². The summed E-state index contributed by atoms with van der Waals surface area (Å²) in [6, 6.07) is 21.6. The first-order valence-corrected chi connectivity index (χ1v) is 7.28. The summed E-state index contributed by atoms with van der Waals surface area (Å²) in [4.78, 5) is 1.34. The lowest BCUT2D eigenvalue weighted by molar-refractivity contribution is 0.596. The molecule has 2 aromatic carbocycles. The number of hydrogen-bond donors (Lipinski definition) is 1. The quantitative estimate of drug-likeness (QED) is 0.786. The first kappa shape index (κ1) is 13.2. The molecule has 0 unspecified atom stereocenters. The fraction of sp³-hybridized carbons (Fsp3) is 0.250. The maximum absolute atomic E-state index is 3.55. The van der Waals surface area contributed by atoms with Crippen LogP contribution in [-0.4, -0.2) is 11.8 Å². The van der Waals surface area contributed by atoms with E-state index in [1.54, 1.807) is 0 Å². The molecule has 2 rings (SSSR count). The number of hydrogen-bond acceptors (Lipinski definition) is 2. The second kappa shape index (κ2) is 7.24. The Balaban J connectivity index is 1.71. The topological polar surface area (TPSA) is 12.0 Å². The third-order valence-corrected chi connectivity index (χ3v) is 4.01. The van der Waals surface area contributed by atoms with E-state index in [4.69, 9.17) is 0 Å². The molecule has 0 saturated carbocycles. The van der Waals surface area contributed by atoms with Crippen LogP contribution in [0.15, 0.2) is 65.6 Å². The molecule has 2 heteroatoms. The minimum absolute atomic E-state index is 0.510. The fourth-order valence-electron chi connectivity index (χ4n) is 1.68. The van der Waals surface area contributed by atoms with Crippen molar-refractivity contribution >= 4 is 11.8 Å². The Bertz CT molecular complexity index is 398. The molecule has 0 heterocycles. The molecular formula is C16H19NS. The Morgan fingerprint density at radius 1 is 0.944 bits per heavy atom. The van der Waals surface area contributed by atoms with Crippen LogP contribution >= 0.6 is 11.8 Å². The molecule has 1 atom stereocenters. The molecule has 0 saturated heterocycles. The molecule has 0 bridgehead atoms. The Kier molecular flexibility index (Phi) is 5.31. The summed E-state index contributed by atoms with van der Waals surface area (Å²) in [7, 11) is 0. The standard InChI is InChI=1S/C16H19NS/c1-14(13-18-16-10-6-3-7-11-16)17-12-15-8-4-2-5-9-15/h2-11,14,17H,12-13H2,1H3/t14-/m0/s1. The maximum Gasteiger partial charge on any atom is 0.0208 e. The van der Waals surface area contributed by atoms with E-state index in [2.05, 4.69) is 72.9 Å². The molecule has 1 N–H and O–H groups in total. The monoisotopic (exact) mass is 257 g/mol. The van der Waals surface area contributed by atoms with Crippen molar-refractivity contribution in [2.75, 3.05) is 5.75 Å². The van der Waals surface area contributed by atoms with Crippen LogP contribution in [0.3, 0.4) is 0 Å². The summed E-state index contributed by atoms with van der Waals surface area (Å²) < 4.78 is 0. The molecule has 0 aliphatic carbocycles. The van der Waals surface area contributed by atoms with Gasteiger partial charge in [-0.15, -0.1) is 11.8 Å². The lowest BCUT2D eigenvalue weighted by Crippen LogP contribution is -2.27. The van der Waals surface area contributed by atoms with E-state index < -0.39 is 0 Å². The minimum atomic E-state index is 0.510. The molecular weight excluding hydrogens is 238 g/mol. The van der Waals surface area contributed by atoms with Crippen LogP contribution in [0.4, 0.5) is 0 Å². The third kappa shape index (κ3) is 4.55. The van der Waals surface area contributed by atoms with Gasteiger partial charge in [-0.25, -0.2) is 0 Å². The molecule has 0 fully saturated rings. The molecule has 1 nitrogen and oxygen atoms in total. The Morgan fingerprint density at radius 2 is 1.56 bits per heavy atom. The van der Waals surface area contributed by atoms with Gasteiger partial charge in [0.1, 0.15) is 0 Å². The van der Waals surface area contributed by atoms with Crippen LogP contribution in [0.5, 0.6) is 0 Å². The molecule has 94 valence electrons. The summed E-state index contributed by atoms with van der Waals surface area (Å²) in [6.45, 7) is 3.18. The van der Waals surface area contributed by atoms with Crippen LogP contribution in [0.2, 0.25) is 0 Å². The zero-order valence-electron chi connectivity index (χ0n) is 10.7. The van der Waals surface area contributed by atoms with Crippen molar-refractivity contribution < 1.29 is 0 Å². The van der Waals surface area contributed by atoms with Gasteiger partial charge in [0, 0.05) is 23.2 Å².